The molecule has 0 aliphatic rings. The van der Waals surface area contributed by atoms with Crippen LogP contribution >= 0.6 is 0 Å². The first kappa shape index (κ1) is 20.7. The average Bonchev–Trinajstić information content (AvgIpc) is 2.69. The van der Waals surface area contributed by atoms with Gasteiger partial charge < -0.3 is 5.11 Å². The lowest BCUT2D eigenvalue weighted by Gasteiger charge is -2.13. The molecule has 0 amide bonds. The molecule has 1 aromatic heterocycles. The number of hydrogen-bond donors (Lipinski definition) is 2. The van der Waals surface area contributed by atoms with Crippen LogP contribution in [-0.2, 0) is 6.42 Å². The van der Waals surface area contributed by atoms with Crippen molar-refractivity contribution in [1.29, 1.82) is 0 Å². The van der Waals surface area contributed by atoms with Crippen molar-refractivity contribution in [3.63, 3.8) is 0 Å². The maximum atomic E-state index is 12.4. The molecule has 0 saturated heterocycles. The number of nitro benzene ring substituents is 1. The molecule has 0 aliphatic carbocycles. The van der Waals surface area contributed by atoms with Crippen LogP contribution in [0.4, 0.5) is 11.4 Å². The maximum Gasteiger partial charge on any atom is 0.335 e. The van der Waals surface area contributed by atoms with Gasteiger partial charge in [-0.2, -0.15) is 0 Å². The molecular weight excluding hydrogens is 388 g/mol. The quantitative estimate of drug-likeness (QED) is 0.381. The molecular formula is C21H20N4O5. The molecule has 0 spiro atoms. The third-order valence-corrected chi connectivity index (χ3v) is 4.78. The van der Waals surface area contributed by atoms with E-state index in [0.717, 1.165) is 16.3 Å². The fraction of sp³-hybridized carbons (Fsp3) is 0.190. The lowest BCUT2D eigenvalue weighted by Crippen LogP contribution is -2.31. The summed E-state index contributed by atoms with van der Waals surface area (Å²) in [5.74, 6) is -0.537. The van der Waals surface area contributed by atoms with Gasteiger partial charge in [0.2, 0.25) is 5.88 Å². The van der Waals surface area contributed by atoms with E-state index in [4.69, 9.17) is 0 Å². The van der Waals surface area contributed by atoms with E-state index in [1.54, 1.807) is 26.0 Å². The minimum absolute atomic E-state index is 0.0307. The first-order valence-electron chi connectivity index (χ1n) is 9.20. The van der Waals surface area contributed by atoms with E-state index in [0.29, 0.717) is 28.9 Å². The van der Waals surface area contributed by atoms with Crippen LogP contribution in [-0.4, -0.2) is 25.8 Å². The first-order chi connectivity index (χ1) is 14.2. The van der Waals surface area contributed by atoms with Crippen LogP contribution in [0, 0.1) is 24.0 Å². The van der Waals surface area contributed by atoms with Gasteiger partial charge in [0.15, 0.2) is 0 Å². The second kappa shape index (κ2) is 8.16. The number of aromatic nitrogens is 2. The van der Waals surface area contributed by atoms with Crippen LogP contribution < -0.4 is 11.2 Å². The number of nitro groups is 1. The Kier molecular flexibility index (Phi) is 5.63. The molecule has 1 heterocycles. The van der Waals surface area contributed by atoms with E-state index in [9.17, 15) is 24.8 Å². The third kappa shape index (κ3) is 3.77. The Hall–Kier alpha value is -4.01. The Morgan fingerprint density at radius 3 is 2.57 bits per heavy atom. The highest BCUT2D eigenvalue weighted by atomic mass is 16.6. The van der Waals surface area contributed by atoms with Gasteiger partial charge in [-0.3, -0.25) is 24.9 Å². The molecule has 9 heteroatoms. The molecule has 0 aliphatic heterocycles. The lowest BCUT2D eigenvalue weighted by atomic mass is 10.1. The molecule has 9 nitrogen and oxygen atoms in total. The van der Waals surface area contributed by atoms with Gasteiger partial charge in [0.05, 0.1) is 16.3 Å². The Morgan fingerprint density at radius 1 is 1.20 bits per heavy atom. The van der Waals surface area contributed by atoms with Crippen molar-refractivity contribution in [2.45, 2.75) is 27.2 Å². The zero-order valence-electron chi connectivity index (χ0n) is 16.7. The number of H-pyrrole nitrogens is 1. The minimum Gasteiger partial charge on any atom is -0.493 e. The van der Waals surface area contributed by atoms with Crippen LogP contribution in [0.25, 0.3) is 5.69 Å². The third-order valence-electron chi connectivity index (χ3n) is 4.78. The molecule has 154 valence electrons. The van der Waals surface area contributed by atoms with Gasteiger partial charge in [0.25, 0.3) is 11.2 Å². The summed E-state index contributed by atoms with van der Waals surface area (Å²) < 4.78 is 1.02. The second-order valence-corrected chi connectivity index (χ2v) is 6.75. The number of benzene rings is 2. The molecule has 2 N–H and O–H groups in total. The zero-order chi connectivity index (χ0) is 22.0. The Balaban J connectivity index is 2.15. The smallest absolute Gasteiger partial charge is 0.335 e. The number of rotatable bonds is 5. The normalized spacial score (nSPS) is 11.2. The Labute approximate surface area is 171 Å². The second-order valence-electron chi connectivity index (χ2n) is 6.75. The molecule has 0 radical (unpaired) electrons. The van der Waals surface area contributed by atoms with Crippen molar-refractivity contribution < 1.29 is 10.0 Å². The highest BCUT2D eigenvalue weighted by Crippen LogP contribution is 2.28. The summed E-state index contributed by atoms with van der Waals surface area (Å²) in [4.78, 5) is 41.7. The first-order valence-corrected chi connectivity index (χ1v) is 9.20. The maximum absolute atomic E-state index is 12.4. The molecule has 2 aromatic carbocycles. The van der Waals surface area contributed by atoms with Crippen LogP contribution in [0.1, 0.15) is 29.2 Å². The van der Waals surface area contributed by atoms with Gasteiger partial charge >= 0.3 is 5.69 Å². The minimum atomic E-state index is -0.789. The summed E-state index contributed by atoms with van der Waals surface area (Å²) in [7, 11) is 0. The van der Waals surface area contributed by atoms with Gasteiger partial charge in [-0.1, -0.05) is 25.1 Å². The van der Waals surface area contributed by atoms with Crippen molar-refractivity contribution in [2.75, 3.05) is 0 Å². The van der Waals surface area contributed by atoms with Crippen LogP contribution in [0.3, 0.4) is 0 Å². The fourth-order valence-electron chi connectivity index (χ4n) is 3.16. The number of nitrogens with zero attached hydrogens (tertiary/aromatic N) is 3. The number of aromatic hydroxyl groups is 1. The number of para-hydroxylation sites is 1. The fourth-order valence-corrected chi connectivity index (χ4v) is 3.16. The van der Waals surface area contributed by atoms with Crippen molar-refractivity contribution in [2.24, 2.45) is 4.99 Å². The van der Waals surface area contributed by atoms with E-state index in [1.807, 2.05) is 19.1 Å². The molecule has 0 saturated carbocycles. The Bertz CT molecular complexity index is 1290. The number of aromatic amines is 1. The van der Waals surface area contributed by atoms with Crippen molar-refractivity contribution in [3.05, 3.63) is 89.6 Å². The van der Waals surface area contributed by atoms with Crippen molar-refractivity contribution in [1.82, 2.24) is 9.55 Å². The topological polar surface area (TPSA) is 131 Å². The number of nitrogens with one attached hydrogen (secondary N) is 1. The number of hydrogen-bond acceptors (Lipinski definition) is 6. The van der Waals surface area contributed by atoms with Gasteiger partial charge in [-0.05, 0) is 43.5 Å². The summed E-state index contributed by atoms with van der Waals surface area (Å²) in [6.07, 6.45) is 1.76. The molecule has 30 heavy (non-hydrogen) atoms. The number of aryl methyl sites for hydroxylation is 3. The summed E-state index contributed by atoms with van der Waals surface area (Å²) in [5, 5.41) is 21.8. The highest BCUT2D eigenvalue weighted by molar-refractivity contribution is 5.85. The van der Waals surface area contributed by atoms with E-state index < -0.39 is 22.1 Å². The SMILES string of the molecule is CCc1ccccc1-n1c(O)c(C=Nc2cc(C)c([N+](=O)[O-])cc2C)c(=O)[nH]c1=O. The highest BCUT2D eigenvalue weighted by Gasteiger charge is 2.17. The van der Waals surface area contributed by atoms with Gasteiger partial charge in [-0.25, -0.2) is 9.36 Å². The molecule has 0 atom stereocenters. The van der Waals surface area contributed by atoms with Gasteiger partial charge in [-0.15, -0.1) is 0 Å². The lowest BCUT2D eigenvalue weighted by molar-refractivity contribution is -0.385. The largest absolute Gasteiger partial charge is 0.493 e. The van der Waals surface area contributed by atoms with Crippen molar-refractivity contribution >= 4 is 17.6 Å². The van der Waals surface area contributed by atoms with E-state index >= 15 is 0 Å². The summed E-state index contributed by atoms with van der Waals surface area (Å²) in [5.41, 5.74) is 0.835. The van der Waals surface area contributed by atoms with E-state index in [-0.39, 0.29) is 11.3 Å². The molecule has 0 fully saturated rings. The van der Waals surface area contributed by atoms with Gasteiger partial charge in [0.1, 0.15) is 5.56 Å². The molecule has 0 unspecified atom stereocenters. The number of aliphatic imine (C=N–C) groups is 1. The van der Waals surface area contributed by atoms with Crippen LogP contribution in [0.5, 0.6) is 5.88 Å². The summed E-state index contributed by atoms with van der Waals surface area (Å²) >= 11 is 0. The van der Waals surface area contributed by atoms with Crippen LogP contribution in [0.2, 0.25) is 0 Å². The molecule has 0 bridgehead atoms. The zero-order valence-corrected chi connectivity index (χ0v) is 16.7. The van der Waals surface area contributed by atoms with Gasteiger partial charge in [0, 0.05) is 17.8 Å². The molecule has 3 aromatic rings. The molecule has 3 rings (SSSR count). The van der Waals surface area contributed by atoms with E-state index in [2.05, 4.69) is 9.98 Å². The Morgan fingerprint density at radius 2 is 1.90 bits per heavy atom. The average molecular weight is 408 g/mol. The summed E-state index contributed by atoms with van der Waals surface area (Å²) in [6.45, 7) is 5.15. The predicted molar refractivity (Wildman–Crippen MR) is 114 cm³/mol. The monoisotopic (exact) mass is 408 g/mol. The van der Waals surface area contributed by atoms with E-state index in [1.165, 1.54) is 12.1 Å². The standard InChI is InChI=1S/C21H20N4O5/c1-4-14-7-5-6-8-17(14)24-20(27)15(19(26)23-21(24)28)11-22-16-9-13(3)18(25(29)30)10-12(16)2/h5-11,27H,4H2,1-3H3,(H,23,26,28). The van der Waals surface area contributed by atoms with Crippen LogP contribution in [0.15, 0.2) is 51.0 Å². The van der Waals surface area contributed by atoms with Crippen molar-refractivity contribution in [3.8, 4) is 11.6 Å². The summed E-state index contributed by atoms with van der Waals surface area (Å²) in [6, 6.07) is 9.95. The predicted octanol–water partition coefficient (Wildman–Crippen LogP) is 3.07.